The van der Waals surface area contributed by atoms with Crippen LogP contribution in [0, 0.1) is 0 Å². The fourth-order valence-electron chi connectivity index (χ4n) is 2.42. The maximum Gasteiger partial charge on any atom is 0.251 e. The van der Waals surface area contributed by atoms with E-state index in [-0.39, 0.29) is 11.9 Å². The largest absolute Gasteiger partial charge is 0.348 e. The molecule has 1 atom stereocenters. The van der Waals surface area contributed by atoms with Gasteiger partial charge in [-0.3, -0.25) is 10.6 Å². The van der Waals surface area contributed by atoms with Gasteiger partial charge in [-0.2, -0.15) is 0 Å². The summed E-state index contributed by atoms with van der Waals surface area (Å²) in [6.07, 6.45) is 2.54. The molecule has 1 fully saturated rings. The van der Waals surface area contributed by atoms with E-state index in [1.807, 2.05) is 6.92 Å². The van der Waals surface area contributed by atoms with Gasteiger partial charge in [0, 0.05) is 23.8 Å². The first-order valence-corrected chi connectivity index (χ1v) is 6.79. The van der Waals surface area contributed by atoms with Crippen molar-refractivity contribution in [2.75, 3.05) is 25.1 Å². The van der Waals surface area contributed by atoms with Gasteiger partial charge in [-0.15, -0.1) is 0 Å². The lowest BCUT2D eigenvalue weighted by atomic mass is 10.2. The Morgan fingerprint density at radius 1 is 1.32 bits per heavy atom. The van der Waals surface area contributed by atoms with Crippen LogP contribution in [0.3, 0.4) is 0 Å². The zero-order valence-electron chi connectivity index (χ0n) is 11.4. The van der Waals surface area contributed by atoms with Crippen molar-refractivity contribution in [3.05, 3.63) is 29.8 Å². The van der Waals surface area contributed by atoms with Gasteiger partial charge in [0.25, 0.3) is 5.91 Å². The van der Waals surface area contributed by atoms with Crippen LogP contribution in [0.15, 0.2) is 24.3 Å². The van der Waals surface area contributed by atoms with E-state index in [0.29, 0.717) is 5.56 Å². The van der Waals surface area contributed by atoms with Gasteiger partial charge >= 0.3 is 0 Å². The number of hydrazine groups is 1. The Balaban J connectivity index is 1.84. The molecule has 1 aromatic carbocycles. The molecule has 0 aromatic heterocycles. The molecule has 104 valence electrons. The third kappa shape index (κ3) is 3.94. The summed E-state index contributed by atoms with van der Waals surface area (Å²) < 4.78 is 0. The Morgan fingerprint density at radius 3 is 2.53 bits per heavy atom. The van der Waals surface area contributed by atoms with Crippen LogP contribution in [-0.2, 0) is 0 Å². The molecule has 5 nitrogen and oxygen atoms in total. The standard InChI is InChI=1S/C14H22N4O/c1-11(10-18-8-2-3-9-18)16-14(19)12-4-6-13(17-15)7-5-12/h4-7,11,17H,2-3,8-10,15H2,1H3,(H,16,19). The Bertz CT molecular complexity index is 412. The minimum absolute atomic E-state index is 0.0322. The Morgan fingerprint density at radius 2 is 1.95 bits per heavy atom. The summed E-state index contributed by atoms with van der Waals surface area (Å²) in [5.74, 6) is 5.26. The molecule has 2 rings (SSSR count). The molecule has 1 heterocycles. The van der Waals surface area contributed by atoms with E-state index in [2.05, 4.69) is 15.6 Å². The predicted octanol–water partition coefficient (Wildman–Crippen LogP) is 1.19. The van der Waals surface area contributed by atoms with Crippen molar-refractivity contribution in [3.8, 4) is 0 Å². The minimum atomic E-state index is -0.0322. The van der Waals surface area contributed by atoms with Crippen molar-refractivity contribution in [1.29, 1.82) is 0 Å². The maximum absolute atomic E-state index is 12.0. The van der Waals surface area contributed by atoms with Gasteiger partial charge in [0.05, 0.1) is 0 Å². The third-order valence-electron chi connectivity index (χ3n) is 3.42. The zero-order valence-corrected chi connectivity index (χ0v) is 11.4. The van der Waals surface area contributed by atoms with Crippen LogP contribution in [0.1, 0.15) is 30.1 Å². The van der Waals surface area contributed by atoms with Gasteiger partial charge in [-0.05, 0) is 57.1 Å². The first-order valence-electron chi connectivity index (χ1n) is 6.79. The molecule has 0 aliphatic carbocycles. The summed E-state index contributed by atoms with van der Waals surface area (Å²) in [6.45, 7) is 5.27. The number of hydrogen-bond donors (Lipinski definition) is 3. The van der Waals surface area contributed by atoms with Gasteiger partial charge < -0.3 is 15.6 Å². The molecular weight excluding hydrogens is 240 g/mol. The second-order valence-electron chi connectivity index (χ2n) is 5.10. The van der Waals surface area contributed by atoms with Crippen LogP contribution < -0.4 is 16.6 Å². The Hall–Kier alpha value is -1.59. The monoisotopic (exact) mass is 262 g/mol. The number of amides is 1. The minimum Gasteiger partial charge on any atom is -0.348 e. The number of hydrogen-bond acceptors (Lipinski definition) is 4. The van der Waals surface area contributed by atoms with Crippen molar-refractivity contribution < 1.29 is 4.79 Å². The first kappa shape index (κ1) is 13.8. The molecule has 1 aromatic rings. The fraction of sp³-hybridized carbons (Fsp3) is 0.500. The van der Waals surface area contributed by atoms with Crippen LogP contribution in [0.2, 0.25) is 0 Å². The van der Waals surface area contributed by atoms with Crippen molar-refractivity contribution in [3.63, 3.8) is 0 Å². The Labute approximate surface area is 114 Å². The van der Waals surface area contributed by atoms with Gasteiger partial charge in [0.15, 0.2) is 0 Å². The topological polar surface area (TPSA) is 70.4 Å². The summed E-state index contributed by atoms with van der Waals surface area (Å²) >= 11 is 0. The third-order valence-corrected chi connectivity index (χ3v) is 3.42. The van der Waals surface area contributed by atoms with Crippen LogP contribution in [0.25, 0.3) is 0 Å². The van der Waals surface area contributed by atoms with Gasteiger partial charge in [-0.1, -0.05) is 0 Å². The number of nitrogens with one attached hydrogen (secondary N) is 2. The molecule has 0 radical (unpaired) electrons. The second-order valence-corrected chi connectivity index (χ2v) is 5.10. The predicted molar refractivity (Wildman–Crippen MR) is 76.9 cm³/mol. The number of anilines is 1. The molecule has 0 bridgehead atoms. The molecule has 4 N–H and O–H groups in total. The lowest BCUT2D eigenvalue weighted by Gasteiger charge is -2.21. The van der Waals surface area contributed by atoms with Crippen molar-refractivity contribution >= 4 is 11.6 Å². The molecule has 1 aliphatic heterocycles. The molecule has 1 unspecified atom stereocenters. The average molecular weight is 262 g/mol. The van der Waals surface area contributed by atoms with Crippen LogP contribution in [0.5, 0.6) is 0 Å². The zero-order chi connectivity index (χ0) is 13.7. The normalized spacial score (nSPS) is 17.2. The number of carbonyl (C=O) groups is 1. The fourth-order valence-corrected chi connectivity index (χ4v) is 2.42. The summed E-state index contributed by atoms with van der Waals surface area (Å²) in [5, 5.41) is 3.03. The van der Waals surface area contributed by atoms with Crippen molar-refractivity contribution in [1.82, 2.24) is 10.2 Å². The van der Waals surface area contributed by atoms with Crippen molar-refractivity contribution in [2.45, 2.75) is 25.8 Å². The van der Waals surface area contributed by atoms with E-state index in [1.54, 1.807) is 24.3 Å². The lowest BCUT2D eigenvalue weighted by molar-refractivity contribution is 0.0932. The van der Waals surface area contributed by atoms with Gasteiger partial charge in [0.2, 0.25) is 0 Å². The highest BCUT2D eigenvalue weighted by molar-refractivity contribution is 5.94. The highest BCUT2D eigenvalue weighted by Gasteiger charge is 2.16. The number of rotatable bonds is 5. The molecule has 0 spiro atoms. The van der Waals surface area contributed by atoms with E-state index in [4.69, 9.17) is 5.84 Å². The molecule has 1 amide bonds. The van der Waals surface area contributed by atoms with Crippen LogP contribution in [0.4, 0.5) is 5.69 Å². The molecule has 0 saturated carbocycles. The number of nitrogens with two attached hydrogens (primary N) is 1. The number of likely N-dealkylation sites (tertiary alicyclic amines) is 1. The highest BCUT2D eigenvalue weighted by Crippen LogP contribution is 2.09. The molecule has 19 heavy (non-hydrogen) atoms. The quantitative estimate of drug-likeness (QED) is 0.550. The summed E-state index contributed by atoms with van der Waals surface area (Å²) in [6, 6.07) is 7.29. The van der Waals surface area contributed by atoms with E-state index in [9.17, 15) is 4.79 Å². The SMILES string of the molecule is CC(CN1CCCC1)NC(=O)c1ccc(NN)cc1. The highest BCUT2D eigenvalue weighted by atomic mass is 16.1. The van der Waals surface area contributed by atoms with Gasteiger partial charge in [-0.25, -0.2) is 0 Å². The molecule has 1 aliphatic rings. The summed E-state index contributed by atoms with van der Waals surface area (Å²) in [4.78, 5) is 14.4. The molecule has 1 saturated heterocycles. The number of benzene rings is 1. The number of nitrogens with zero attached hydrogens (tertiary/aromatic N) is 1. The number of carbonyl (C=O) groups excluding carboxylic acids is 1. The van der Waals surface area contributed by atoms with Crippen molar-refractivity contribution in [2.24, 2.45) is 5.84 Å². The molecule has 5 heteroatoms. The lowest BCUT2D eigenvalue weighted by Crippen LogP contribution is -2.41. The van der Waals surface area contributed by atoms with Gasteiger partial charge in [0.1, 0.15) is 0 Å². The second kappa shape index (κ2) is 6.54. The van der Waals surface area contributed by atoms with E-state index >= 15 is 0 Å². The average Bonchev–Trinajstić information content (AvgIpc) is 2.91. The molecular formula is C14H22N4O. The van der Waals surface area contributed by atoms with E-state index in [1.165, 1.54) is 12.8 Å². The first-order chi connectivity index (χ1) is 9.19. The maximum atomic E-state index is 12.0. The number of nitrogen functional groups attached to an aromatic ring is 1. The van der Waals surface area contributed by atoms with Crippen LogP contribution in [-0.4, -0.2) is 36.5 Å². The summed E-state index contributed by atoms with van der Waals surface area (Å²) in [7, 11) is 0. The Kier molecular flexibility index (Phi) is 4.76. The van der Waals surface area contributed by atoms with E-state index in [0.717, 1.165) is 25.3 Å². The van der Waals surface area contributed by atoms with Crippen LogP contribution >= 0.6 is 0 Å². The summed E-state index contributed by atoms with van der Waals surface area (Å²) in [5.41, 5.74) is 4.00. The van der Waals surface area contributed by atoms with E-state index < -0.39 is 0 Å². The smallest absolute Gasteiger partial charge is 0.251 e.